The van der Waals surface area contributed by atoms with Gasteiger partial charge in [-0.25, -0.2) is 0 Å². The zero-order valence-electron chi connectivity index (χ0n) is 12.4. The van der Waals surface area contributed by atoms with Crippen LogP contribution in [-0.4, -0.2) is 33.9 Å². The van der Waals surface area contributed by atoms with E-state index in [1.54, 1.807) is 25.6 Å². The first-order valence-corrected chi connectivity index (χ1v) is 7.80. The van der Waals surface area contributed by atoms with Crippen molar-refractivity contribution in [1.82, 2.24) is 5.32 Å². The van der Waals surface area contributed by atoms with Crippen molar-refractivity contribution in [1.29, 1.82) is 0 Å². The normalized spacial score (nSPS) is 10.4. The van der Waals surface area contributed by atoms with Crippen LogP contribution in [-0.2, 0) is 6.42 Å². The highest BCUT2D eigenvalue weighted by Gasteiger charge is 2.10. The molecule has 4 nitrogen and oxygen atoms in total. The van der Waals surface area contributed by atoms with Gasteiger partial charge in [0.2, 0.25) is 5.75 Å². The van der Waals surface area contributed by atoms with Gasteiger partial charge in [0.15, 0.2) is 11.5 Å². The molecule has 2 aromatic rings. The summed E-state index contributed by atoms with van der Waals surface area (Å²) in [5.74, 6) is 2.03. The largest absolute Gasteiger partial charge is 0.493 e. The smallest absolute Gasteiger partial charge is 0.203 e. The van der Waals surface area contributed by atoms with Crippen LogP contribution in [0.1, 0.15) is 4.88 Å². The topological polar surface area (TPSA) is 39.7 Å². The van der Waals surface area contributed by atoms with E-state index in [9.17, 15) is 0 Å². The molecule has 0 atom stereocenters. The number of benzene rings is 1. The molecule has 0 unspecified atom stereocenters. The molecule has 0 aliphatic carbocycles. The number of thiophene rings is 1. The van der Waals surface area contributed by atoms with E-state index >= 15 is 0 Å². The Morgan fingerprint density at radius 1 is 1.00 bits per heavy atom. The Hall–Kier alpha value is -1.72. The first-order chi connectivity index (χ1) is 10.3. The number of nitrogens with one attached hydrogen (secondary N) is 1. The summed E-state index contributed by atoms with van der Waals surface area (Å²) in [6.45, 7) is 2.31. The van der Waals surface area contributed by atoms with E-state index in [4.69, 9.17) is 14.2 Å². The number of ether oxygens (including phenoxy) is 3. The van der Waals surface area contributed by atoms with Crippen LogP contribution in [0.2, 0.25) is 0 Å². The summed E-state index contributed by atoms with van der Waals surface area (Å²) >= 11 is 1.79. The highest BCUT2D eigenvalue weighted by atomic mass is 32.1. The quantitative estimate of drug-likeness (QED) is 0.723. The number of hydrogen-bond donors (Lipinski definition) is 1. The van der Waals surface area contributed by atoms with Gasteiger partial charge in [-0.1, -0.05) is 12.1 Å². The molecule has 0 amide bonds. The molecule has 0 aliphatic heterocycles. The maximum absolute atomic E-state index is 5.78. The molecule has 1 aromatic carbocycles. The summed E-state index contributed by atoms with van der Waals surface area (Å²) in [5, 5.41) is 5.47. The number of rotatable bonds is 9. The SMILES string of the molecule is COc1cccc(OC)c1OCCNCCc1cccs1. The molecular formula is C16H21NO3S. The van der Waals surface area contributed by atoms with Gasteiger partial charge in [0, 0.05) is 18.0 Å². The molecule has 2 rings (SSSR count). The molecule has 5 heteroatoms. The lowest BCUT2D eigenvalue weighted by atomic mass is 10.3. The van der Waals surface area contributed by atoms with Gasteiger partial charge < -0.3 is 19.5 Å². The van der Waals surface area contributed by atoms with Gasteiger partial charge in [-0.2, -0.15) is 0 Å². The number of para-hydroxylation sites is 1. The lowest BCUT2D eigenvalue weighted by molar-refractivity contribution is 0.274. The number of hydrogen-bond acceptors (Lipinski definition) is 5. The van der Waals surface area contributed by atoms with Gasteiger partial charge in [0.05, 0.1) is 14.2 Å². The molecule has 0 bridgehead atoms. The molecule has 0 aliphatic rings. The summed E-state index contributed by atoms with van der Waals surface area (Å²) in [6, 6.07) is 9.84. The predicted molar refractivity (Wildman–Crippen MR) is 85.9 cm³/mol. The zero-order chi connectivity index (χ0) is 14.9. The number of methoxy groups -OCH3 is 2. The third-order valence-corrected chi connectivity index (χ3v) is 3.97. The molecule has 114 valence electrons. The van der Waals surface area contributed by atoms with E-state index in [0.29, 0.717) is 23.9 Å². The molecule has 1 heterocycles. The maximum atomic E-state index is 5.78. The Balaban J connectivity index is 1.73. The fourth-order valence-electron chi connectivity index (χ4n) is 1.98. The minimum Gasteiger partial charge on any atom is -0.493 e. The average Bonchev–Trinajstić information content (AvgIpc) is 3.03. The van der Waals surface area contributed by atoms with E-state index in [0.717, 1.165) is 19.5 Å². The van der Waals surface area contributed by atoms with E-state index in [2.05, 4.69) is 22.8 Å². The fourth-order valence-corrected chi connectivity index (χ4v) is 2.69. The first kappa shape index (κ1) is 15.7. The van der Waals surface area contributed by atoms with Crippen LogP contribution in [0.4, 0.5) is 0 Å². The standard InChI is InChI=1S/C16H21NO3S/c1-18-14-6-3-7-15(19-2)16(14)20-11-10-17-9-8-13-5-4-12-21-13/h3-7,12,17H,8-11H2,1-2H3. The molecule has 0 fully saturated rings. The van der Waals surface area contributed by atoms with Gasteiger partial charge in [-0.15, -0.1) is 11.3 Å². The van der Waals surface area contributed by atoms with Crippen molar-refractivity contribution in [2.75, 3.05) is 33.9 Å². The highest BCUT2D eigenvalue weighted by molar-refractivity contribution is 7.09. The Kier molecular flexibility index (Phi) is 6.37. The van der Waals surface area contributed by atoms with Crippen LogP contribution < -0.4 is 19.5 Å². The highest BCUT2D eigenvalue weighted by Crippen LogP contribution is 2.36. The summed E-state index contributed by atoms with van der Waals surface area (Å²) in [4.78, 5) is 1.40. The summed E-state index contributed by atoms with van der Waals surface area (Å²) in [7, 11) is 3.25. The van der Waals surface area contributed by atoms with Crippen molar-refractivity contribution in [3.05, 3.63) is 40.6 Å². The monoisotopic (exact) mass is 307 g/mol. The summed E-state index contributed by atoms with van der Waals surface area (Å²) in [5.41, 5.74) is 0. The summed E-state index contributed by atoms with van der Waals surface area (Å²) in [6.07, 6.45) is 1.05. The van der Waals surface area contributed by atoms with Crippen molar-refractivity contribution in [3.8, 4) is 17.2 Å². The molecule has 0 saturated carbocycles. The van der Waals surface area contributed by atoms with E-state index in [1.165, 1.54) is 4.88 Å². The molecular weight excluding hydrogens is 286 g/mol. The fraction of sp³-hybridized carbons (Fsp3) is 0.375. The summed E-state index contributed by atoms with van der Waals surface area (Å²) < 4.78 is 16.4. The minimum absolute atomic E-state index is 0.571. The van der Waals surface area contributed by atoms with Gasteiger partial charge in [-0.05, 0) is 30.0 Å². The van der Waals surface area contributed by atoms with Crippen LogP contribution in [0.3, 0.4) is 0 Å². The molecule has 21 heavy (non-hydrogen) atoms. The van der Waals surface area contributed by atoms with Crippen molar-refractivity contribution in [3.63, 3.8) is 0 Å². The van der Waals surface area contributed by atoms with Crippen LogP contribution in [0.25, 0.3) is 0 Å². The third-order valence-electron chi connectivity index (χ3n) is 3.04. The first-order valence-electron chi connectivity index (χ1n) is 6.92. The van der Waals surface area contributed by atoms with Crippen molar-refractivity contribution < 1.29 is 14.2 Å². The van der Waals surface area contributed by atoms with Crippen LogP contribution in [0.15, 0.2) is 35.7 Å². The Morgan fingerprint density at radius 2 is 1.76 bits per heavy atom. The lowest BCUT2D eigenvalue weighted by Crippen LogP contribution is -2.23. The minimum atomic E-state index is 0.571. The zero-order valence-corrected chi connectivity index (χ0v) is 13.2. The van der Waals surface area contributed by atoms with Crippen LogP contribution in [0.5, 0.6) is 17.2 Å². The Morgan fingerprint density at radius 3 is 2.38 bits per heavy atom. The van der Waals surface area contributed by atoms with Gasteiger partial charge in [-0.3, -0.25) is 0 Å². The predicted octanol–water partition coefficient (Wildman–Crippen LogP) is 2.98. The van der Waals surface area contributed by atoms with E-state index in [-0.39, 0.29) is 0 Å². The second-order valence-electron chi connectivity index (χ2n) is 4.42. The van der Waals surface area contributed by atoms with Crippen LogP contribution in [0, 0.1) is 0 Å². The van der Waals surface area contributed by atoms with Gasteiger partial charge >= 0.3 is 0 Å². The Bertz CT molecular complexity index is 506. The molecule has 0 saturated heterocycles. The van der Waals surface area contributed by atoms with E-state index in [1.807, 2.05) is 18.2 Å². The molecule has 1 aromatic heterocycles. The van der Waals surface area contributed by atoms with Gasteiger partial charge in [0.1, 0.15) is 6.61 Å². The second-order valence-corrected chi connectivity index (χ2v) is 5.45. The maximum Gasteiger partial charge on any atom is 0.203 e. The van der Waals surface area contributed by atoms with E-state index < -0.39 is 0 Å². The molecule has 1 N–H and O–H groups in total. The second kappa shape index (κ2) is 8.54. The van der Waals surface area contributed by atoms with Crippen molar-refractivity contribution >= 4 is 11.3 Å². The van der Waals surface area contributed by atoms with Crippen LogP contribution >= 0.6 is 11.3 Å². The van der Waals surface area contributed by atoms with Crippen molar-refractivity contribution in [2.24, 2.45) is 0 Å². The molecule has 0 radical (unpaired) electrons. The van der Waals surface area contributed by atoms with Crippen molar-refractivity contribution in [2.45, 2.75) is 6.42 Å². The third kappa shape index (κ3) is 4.65. The average molecular weight is 307 g/mol. The Labute approximate surface area is 129 Å². The lowest BCUT2D eigenvalue weighted by Gasteiger charge is -2.14. The van der Waals surface area contributed by atoms with Gasteiger partial charge in [0.25, 0.3) is 0 Å². The molecule has 0 spiro atoms.